The smallest absolute Gasteiger partial charge is 0.226 e. The van der Waals surface area contributed by atoms with Gasteiger partial charge >= 0.3 is 0 Å². The van der Waals surface area contributed by atoms with Crippen LogP contribution in [0.1, 0.15) is 35.6 Å². The van der Waals surface area contributed by atoms with Crippen molar-refractivity contribution < 1.29 is 15.0 Å². The highest BCUT2D eigenvalue weighted by Crippen LogP contribution is 2.30. The van der Waals surface area contributed by atoms with E-state index in [-0.39, 0.29) is 17.6 Å². The molecule has 0 bridgehead atoms. The molecule has 1 aliphatic heterocycles. The molecule has 25 heavy (non-hydrogen) atoms. The quantitative estimate of drug-likeness (QED) is 0.899. The summed E-state index contributed by atoms with van der Waals surface area (Å²) in [5.74, 6) is 0.501. The van der Waals surface area contributed by atoms with E-state index in [2.05, 4.69) is 0 Å². The zero-order chi connectivity index (χ0) is 17.8. The molecular formula is C21H25NO3. The number of hydrogen-bond acceptors (Lipinski definition) is 3. The summed E-state index contributed by atoms with van der Waals surface area (Å²) in [4.78, 5) is 14.4. The summed E-state index contributed by atoms with van der Waals surface area (Å²) in [6, 6.07) is 15.1. The van der Waals surface area contributed by atoms with Gasteiger partial charge in [0.15, 0.2) is 0 Å². The second-order valence-corrected chi connectivity index (χ2v) is 6.87. The van der Waals surface area contributed by atoms with Crippen LogP contribution < -0.4 is 0 Å². The number of aliphatic hydroxyl groups excluding tert-OH is 1. The van der Waals surface area contributed by atoms with Gasteiger partial charge in [0.1, 0.15) is 5.75 Å². The second kappa shape index (κ2) is 7.70. The third kappa shape index (κ3) is 4.20. The number of rotatable bonds is 4. The lowest BCUT2D eigenvalue weighted by atomic mass is 9.87. The van der Waals surface area contributed by atoms with E-state index in [1.54, 1.807) is 6.07 Å². The molecule has 0 spiro atoms. The molecule has 2 N–H and O–H groups in total. The van der Waals surface area contributed by atoms with E-state index in [0.717, 1.165) is 29.5 Å². The molecule has 1 saturated heterocycles. The fourth-order valence-corrected chi connectivity index (χ4v) is 3.44. The Morgan fingerprint density at radius 1 is 1.16 bits per heavy atom. The van der Waals surface area contributed by atoms with Gasteiger partial charge in [-0.25, -0.2) is 0 Å². The van der Waals surface area contributed by atoms with Gasteiger partial charge in [-0.2, -0.15) is 0 Å². The number of piperidine rings is 1. The molecule has 1 heterocycles. The van der Waals surface area contributed by atoms with Crippen LogP contribution in [0.3, 0.4) is 0 Å². The third-order valence-corrected chi connectivity index (χ3v) is 5.11. The number of carbonyl (C=O) groups excluding carboxylic acids is 1. The van der Waals surface area contributed by atoms with Crippen molar-refractivity contribution in [3.8, 4) is 5.75 Å². The maximum absolute atomic E-state index is 12.5. The van der Waals surface area contributed by atoms with Gasteiger partial charge in [-0.05, 0) is 48.4 Å². The summed E-state index contributed by atoms with van der Waals surface area (Å²) in [5.41, 5.74) is 2.59. The third-order valence-electron chi connectivity index (χ3n) is 5.11. The van der Waals surface area contributed by atoms with E-state index in [9.17, 15) is 15.0 Å². The molecule has 132 valence electrons. The monoisotopic (exact) mass is 339 g/mol. The predicted molar refractivity (Wildman–Crippen MR) is 97.3 cm³/mol. The molecule has 2 aromatic rings. The molecule has 1 fully saturated rings. The van der Waals surface area contributed by atoms with Crippen LogP contribution >= 0.6 is 0 Å². The van der Waals surface area contributed by atoms with Crippen molar-refractivity contribution >= 4 is 5.91 Å². The Bertz CT molecular complexity index is 721. The Labute approximate surface area is 148 Å². The van der Waals surface area contributed by atoms with Crippen LogP contribution in [0, 0.1) is 12.8 Å². The van der Waals surface area contributed by atoms with Crippen molar-refractivity contribution in [2.45, 2.75) is 32.3 Å². The number of amides is 1. The number of benzene rings is 2. The Hall–Kier alpha value is -2.33. The summed E-state index contributed by atoms with van der Waals surface area (Å²) in [6.07, 6.45) is 1.45. The number of aromatic hydroxyl groups is 1. The van der Waals surface area contributed by atoms with Crippen molar-refractivity contribution in [2.75, 3.05) is 13.1 Å². The van der Waals surface area contributed by atoms with Crippen molar-refractivity contribution in [2.24, 2.45) is 5.92 Å². The van der Waals surface area contributed by atoms with Gasteiger partial charge in [-0.1, -0.05) is 42.5 Å². The Balaban J connectivity index is 1.54. The minimum atomic E-state index is -0.465. The minimum absolute atomic E-state index is 0.0795. The highest BCUT2D eigenvalue weighted by atomic mass is 16.3. The zero-order valence-electron chi connectivity index (χ0n) is 14.6. The van der Waals surface area contributed by atoms with Gasteiger partial charge < -0.3 is 15.1 Å². The first kappa shape index (κ1) is 17.5. The summed E-state index contributed by atoms with van der Waals surface area (Å²) >= 11 is 0. The maximum atomic E-state index is 12.5. The summed E-state index contributed by atoms with van der Waals surface area (Å²) in [7, 11) is 0. The lowest BCUT2D eigenvalue weighted by Crippen LogP contribution is -2.40. The van der Waals surface area contributed by atoms with Gasteiger partial charge in [0.2, 0.25) is 5.91 Å². The van der Waals surface area contributed by atoms with Crippen LogP contribution in [-0.2, 0) is 11.2 Å². The molecule has 2 aromatic carbocycles. The highest BCUT2D eigenvalue weighted by molar-refractivity contribution is 5.79. The molecule has 1 atom stereocenters. The number of nitrogens with zero attached hydrogens (tertiary/aromatic N) is 1. The number of hydrogen-bond donors (Lipinski definition) is 2. The van der Waals surface area contributed by atoms with Crippen molar-refractivity contribution in [1.82, 2.24) is 4.90 Å². The van der Waals surface area contributed by atoms with Crippen molar-refractivity contribution in [1.29, 1.82) is 0 Å². The normalized spacial score (nSPS) is 16.6. The molecule has 1 aliphatic rings. The number of phenolic OH excluding ortho intramolecular Hbond substituents is 1. The molecule has 1 amide bonds. The number of phenols is 1. The topological polar surface area (TPSA) is 60.8 Å². The number of likely N-dealkylation sites (tertiary alicyclic amines) is 1. The van der Waals surface area contributed by atoms with Gasteiger partial charge in [0, 0.05) is 13.1 Å². The largest absolute Gasteiger partial charge is 0.508 e. The molecule has 0 aromatic heterocycles. The molecule has 0 aliphatic carbocycles. The average molecular weight is 339 g/mol. The first-order chi connectivity index (χ1) is 12.0. The van der Waals surface area contributed by atoms with E-state index >= 15 is 0 Å². The van der Waals surface area contributed by atoms with Crippen LogP contribution in [0.15, 0.2) is 48.5 Å². The Kier molecular flexibility index (Phi) is 5.39. The first-order valence-corrected chi connectivity index (χ1v) is 8.84. The average Bonchev–Trinajstić information content (AvgIpc) is 2.65. The van der Waals surface area contributed by atoms with E-state index in [0.29, 0.717) is 19.5 Å². The lowest BCUT2D eigenvalue weighted by molar-refractivity contribution is -0.132. The second-order valence-electron chi connectivity index (χ2n) is 6.87. The van der Waals surface area contributed by atoms with Crippen LogP contribution in [0.25, 0.3) is 0 Å². The van der Waals surface area contributed by atoms with Gasteiger partial charge in [0.25, 0.3) is 0 Å². The number of aliphatic hydroxyl groups is 1. The van der Waals surface area contributed by atoms with Crippen LogP contribution in [0.4, 0.5) is 0 Å². The highest BCUT2D eigenvalue weighted by Gasteiger charge is 2.28. The Morgan fingerprint density at radius 3 is 2.48 bits per heavy atom. The Morgan fingerprint density at radius 2 is 1.84 bits per heavy atom. The van der Waals surface area contributed by atoms with Crippen LogP contribution in [-0.4, -0.2) is 34.1 Å². The van der Waals surface area contributed by atoms with Crippen LogP contribution in [0.5, 0.6) is 5.75 Å². The minimum Gasteiger partial charge on any atom is -0.508 e. The number of aryl methyl sites for hydroxylation is 1. The maximum Gasteiger partial charge on any atom is 0.226 e. The molecule has 4 heteroatoms. The first-order valence-electron chi connectivity index (χ1n) is 8.84. The summed E-state index contributed by atoms with van der Waals surface area (Å²) < 4.78 is 0. The van der Waals surface area contributed by atoms with E-state index < -0.39 is 6.10 Å². The van der Waals surface area contributed by atoms with Gasteiger partial charge in [-0.3, -0.25) is 4.79 Å². The standard InChI is InChI=1S/C21H25NO3/c1-15-7-8-16(13-19(15)23)14-20(24)22-11-9-18(10-12-22)21(25)17-5-3-2-4-6-17/h2-8,13,18,21,23,25H,9-12,14H2,1H3/t21-/m0/s1. The van der Waals surface area contributed by atoms with E-state index in [4.69, 9.17) is 0 Å². The van der Waals surface area contributed by atoms with Crippen LogP contribution in [0.2, 0.25) is 0 Å². The molecule has 0 saturated carbocycles. The number of carbonyl (C=O) groups is 1. The fourth-order valence-electron chi connectivity index (χ4n) is 3.44. The van der Waals surface area contributed by atoms with E-state index in [1.807, 2.05) is 54.3 Å². The molecule has 3 rings (SSSR count). The van der Waals surface area contributed by atoms with Gasteiger partial charge in [-0.15, -0.1) is 0 Å². The van der Waals surface area contributed by atoms with Crippen molar-refractivity contribution in [3.05, 3.63) is 65.2 Å². The molecular weight excluding hydrogens is 314 g/mol. The molecule has 0 unspecified atom stereocenters. The van der Waals surface area contributed by atoms with Gasteiger partial charge in [0.05, 0.1) is 12.5 Å². The molecule has 0 radical (unpaired) electrons. The summed E-state index contributed by atoms with van der Waals surface area (Å²) in [6.45, 7) is 3.18. The van der Waals surface area contributed by atoms with Crippen molar-refractivity contribution in [3.63, 3.8) is 0 Å². The zero-order valence-corrected chi connectivity index (χ0v) is 14.6. The molecule has 4 nitrogen and oxygen atoms in total. The SMILES string of the molecule is Cc1ccc(CC(=O)N2CCC([C@@H](O)c3ccccc3)CC2)cc1O. The van der Waals surface area contributed by atoms with E-state index in [1.165, 1.54) is 0 Å². The lowest BCUT2D eigenvalue weighted by Gasteiger charge is -2.34. The predicted octanol–water partition coefficient (Wildman–Crippen LogP) is 3.22. The fraction of sp³-hybridized carbons (Fsp3) is 0.381. The summed E-state index contributed by atoms with van der Waals surface area (Å²) in [5, 5.41) is 20.3.